The highest BCUT2D eigenvalue weighted by molar-refractivity contribution is 4.91. The lowest BCUT2D eigenvalue weighted by Gasteiger charge is -2.42. The van der Waals surface area contributed by atoms with Crippen molar-refractivity contribution >= 4 is 0 Å². The van der Waals surface area contributed by atoms with Gasteiger partial charge in [0.05, 0.1) is 19.3 Å². The van der Waals surface area contributed by atoms with Crippen LogP contribution >= 0.6 is 0 Å². The van der Waals surface area contributed by atoms with Crippen LogP contribution in [0.3, 0.4) is 0 Å². The standard InChI is InChI=1S/C19H34O10/c1-3-5-6-7-10(4-2)28-19-17(25)15(23)14(22)12(29-19)9-27-18-16(24)13(21)11(20)8-26-18/h4,10-25H,2-3,5-9H2,1H3/t10-,11+,12-,13+,14+,15+,16-,17-,18-,19-/m0/s1. The molecule has 0 aromatic heterocycles. The molecule has 29 heavy (non-hydrogen) atoms. The van der Waals surface area contributed by atoms with E-state index in [1.807, 2.05) is 0 Å². The van der Waals surface area contributed by atoms with Crippen LogP contribution in [0, 0.1) is 0 Å². The Morgan fingerprint density at radius 2 is 1.66 bits per heavy atom. The van der Waals surface area contributed by atoms with Crippen molar-refractivity contribution in [2.75, 3.05) is 13.2 Å². The van der Waals surface area contributed by atoms with Crippen molar-refractivity contribution < 1.29 is 49.6 Å². The molecule has 0 amide bonds. The summed E-state index contributed by atoms with van der Waals surface area (Å²) in [6, 6.07) is 0. The Balaban J connectivity index is 1.93. The number of hydrogen-bond donors (Lipinski definition) is 6. The van der Waals surface area contributed by atoms with Gasteiger partial charge in [-0.15, -0.1) is 6.58 Å². The predicted octanol–water partition coefficient (Wildman–Crippen LogP) is -1.60. The van der Waals surface area contributed by atoms with Crippen LogP contribution in [-0.2, 0) is 18.9 Å². The highest BCUT2D eigenvalue weighted by Crippen LogP contribution is 2.26. The maximum atomic E-state index is 10.2. The van der Waals surface area contributed by atoms with Gasteiger partial charge in [-0.3, -0.25) is 0 Å². The molecule has 0 aromatic carbocycles. The van der Waals surface area contributed by atoms with Crippen LogP contribution in [-0.4, -0.2) is 105 Å². The Labute approximate surface area is 170 Å². The summed E-state index contributed by atoms with van der Waals surface area (Å²) in [5.41, 5.74) is 0. The zero-order valence-electron chi connectivity index (χ0n) is 16.6. The van der Waals surface area contributed by atoms with E-state index < -0.39 is 61.4 Å². The monoisotopic (exact) mass is 422 g/mol. The Hall–Kier alpha value is -0.660. The van der Waals surface area contributed by atoms with E-state index in [0.29, 0.717) is 6.42 Å². The van der Waals surface area contributed by atoms with Crippen molar-refractivity contribution in [2.45, 2.75) is 94.0 Å². The van der Waals surface area contributed by atoms with E-state index in [4.69, 9.17) is 18.9 Å². The normalized spacial score (nSPS) is 41.8. The maximum Gasteiger partial charge on any atom is 0.187 e. The molecule has 0 radical (unpaired) electrons. The molecule has 0 spiro atoms. The maximum absolute atomic E-state index is 10.2. The van der Waals surface area contributed by atoms with Gasteiger partial charge >= 0.3 is 0 Å². The Bertz CT molecular complexity index is 492. The zero-order valence-corrected chi connectivity index (χ0v) is 16.6. The lowest BCUT2D eigenvalue weighted by molar-refractivity contribution is -0.325. The van der Waals surface area contributed by atoms with Gasteiger partial charge in [0.2, 0.25) is 0 Å². The number of aliphatic hydroxyl groups is 6. The fraction of sp³-hybridized carbons (Fsp3) is 0.895. The molecule has 2 heterocycles. The van der Waals surface area contributed by atoms with E-state index in [0.717, 1.165) is 19.3 Å². The predicted molar refractivity (Wildman–Crippen MR) is 99.6 cm³/mol. The highest BCUT2D eigenvalue weighted by Gasteiger charge is 2.46. The molecule has 2 fully saturated rings. The van der Waals surface area contributed by atoms with Crippen molar-refractivity contribution in [3.05, 3.63) is 12.7 Å². The minimum atomic E-state index is -1.53. The molecule has 0 unspecified atom stereocenters. The number of ether oxygens (including phenoxy) is 4. The molecule has 2 aliphatic rings. The molecule has 2 aliphatic heterocycles. The average Bonchev–Trinajstić information content (AvgIpc) is 2.71. The van der Waals surface area contributed by atoms with Crippen molar-refractivity contribution in [3.8, 4) is 0 Å². The van der Waals surface area contributed by atoms with Crippen LogP contribution in [0.2, 0.25) is 0 Å². The molecule has 2 saturated heterocycles. The zero-order chi connectivity index (χ0) is 21.6. The molecule has 0 saturated carbocycles. The molecule has 10 atom stereocenters. The van der Waals surface area contributed by atoms with Gasteiger partial charge in [0.1, 0.15) is 42.7 Å². The van der Waals surface area contributed by atoms with Crippen molar-refractivity contribution in [2.24, 2.45) is 0 Å². The lowest BCUT2D eigenvalue weighted by Crippen LogP contribution is -2.60. The number of aliphatic hydroxyl groups excluding tert-OH is 6. The number of hydrogen-bond acceptors (Lipinski definition) is 10. The summed E-state index contributed by atoms with van der Waals surface area (Å²) in [4.78, 5) is 0. The van der Waals surface area contributed by atoms with E-state index in [1.165, 1.54) is 0 Å². The summed E-state index contributed by atoms with van der Waals surface area (Å²) < 4.78 is 21.8. The second kappa shape index (κ2) is 11.7. The number of rotatable bonds is 10. The van der Waals surface area contributed by atoms with E-state index in [9.17, 15) is 30.6 Å². The fourth-order valence-corrected chi connectivity index (χ4v) is 3.29. The Kier molecular flexibility index (Phi) is 9.89. The number of unbranched alkanes of at least 4 members (excludes halogenated alkanes) is 2. The smallest absolute Gasteiger partial charge is 0.187 e. The summed E-state index contributed by atoms with van der Waals surface area (Å²) in [5.74, 6) is 0. The van der Waals surface area contributed by atoms with Gasteiger partial charge in [0, 0.05) is 0 Å². The van der Waals surface area contributed by atoms with Gasteiger partial charge in [-0.25, -0.2) is 0 Å². The Morgan fingerprint density at radius 1 is 0.966 bits per heavy atom. The first-order chi connectivity index (χ1) is 13.8. The summed E-state index contributed by atoms with van der Waals surface area (Å²) in [6.45, 7) is 5.24. The van der Waals surface area contributed by atoms with Gasteiger partial charge in [0.25, 0.3) is 0 Å². The molecule has 2 rings (SSSR count). The lowest BCUT2D eigenvalue weighted by atomic mass is 9.99. The van der Waals surface area contributed by atoms with E-state index in [-0.39, 0.29) is 13.2 Å². The largest absolute Gasteiger partial charge is 0.388 e. The van der Waals surface area contributed by atoms with Crippen molar-refractivity contribution in [1.82, 2.24) is 0 Å². The third kappa shape index (κ3) is 6.41. The van der Waals surface area contributed by atoms with Crippen molar-refractivity contribution in [3.63, 3.8) is 0 Å². The van der Waals surface area contributed by atoms with E-state index >= 15 is 0 Å². The van der Waals surface area contributed by atoms with E-state index in [1.54, 1.807) is 6.08 Å². The average molecular weight is 422 g/mol. The summed E-state index contributed by atoms with van der Waals surface area (Å²) in [5, 5.41) is 59.6. The molecule has 0 aliphatic carbocycles. The van der Waals surface area contributed by atoms with Crippen LogP contribution in [0.5, 0.6) is 0 Å². The summed E-state index contributed by atoms with van der Waals surface area (Å²) in [7, 11) is 0. The van der Waals surface area contributed by atoms with Crippen molar-refractivity contribution in [1.29, 1.82) is 0 Å². The molecule has 10 heteroatoms. The molecule has 0 bridgehead atoms. The minimum Gasteiger partial charge on any atom is -0.388 e. The van der Waals surface area contributed by atoms with Gasteiger partial charge in [-0.1, -0.05) is 32.3 Å². The van der Waals surface area contributed by atoms with Crippen LogP contribution in [0.4, 0.5) is 0 Å². The third-order valence-corrected chi connectivity index (χ3v) is 5.21. The van der Waals surface area contributed by atoms with Gasteiger partial charge < -0.3 is 49.6 Å². The minimum absolute atomic E-state index is 0.233. The summed E-state index contributed by atoms with van der Waals surface area (Å²) >= 11 is 0. The first-order valence-electron chi connectivity index (χ1n) is 10.0. The third-order valence-electron chi connectivity index (χ3n) is 5.21. The molecular formula is C19H34O10. The molecule has 6 N–H and O–H groups in total. The van der Waals surface area contributed by atoms with Crippen LogP contribution in [0.15, 0.2) is 12.7 Å². The molecular weight excluding hydrogens is 388 g/mol. The topological polar surface area (TPSA) is 158 Å². The first kappa shape index (κ1) is 24.6. The quantitative estimate of drug-likeness (QED) is 0.179. The second-order valence-corrected chi connectivity index (χ2v) is 7.50. The summed E-state index contributed by atoms with van der Waals surface area (Å²) in [6.07, 6.45) is -7.36. The fourth-order valence-electron chi connectivity index (χ4n) is 3.29. The SMILES string of the molecule is C=C[C@@H](CCCCC)O[C@H]1O[C@@H](CO[C@@H]2OC[C@@H](O)[C@@H](O)[C@@H]2O)[C@@H](O)[C@@H](O)[C@@H]1O. The van der Waals surface area contributed by atoms with Gasteiger partial charge in [-0.2, -0.15) is 0 Å². The van der Waals surface area contributed by atoms with Gasteiger partial charge in [0.15, 0.2) is 12.6 Å². The molecule has 0 aromatic rings. The van der Waals surface area contributed by atoms with E-state index in [2.05, 4.69) is 13.5 Å². The Morgan fingerprint density at radius 3 is 2.31 bits per heavy atom. The van der Waals surface area contributed by atoms with Gasteiger partial charge in [-0.05, 0) is 6.42 Å². The highest BCUT2D eigenvalue weighted by atomic mass is 16.7. The first-order valence-corrected chi connectivity index (χ1v) is 10.0. The van der Waals surface area contributed by atoms with Crippen LogP contribution < -0.4 is 0 Å². The van der Waals surface area contributed by atoms with Crippen LogP contribution in [0.1, 0.15) is 32.6 Å². The molecule has 10 nitrogen and oxygen atoms in total. The second-order valence-electron chi connectivity index (χ2n) is 7.50. The van der Waals surface area contributed by atoms with Crippen LogP contribution in [0.25, 0.3) is 0 Å². The molecule has 170 valence electrons.